The number of fused-ring (bicyclic) bond motifs is 1. The number of anilines is 1. The number of amides is 1. The average molecular weight is 494 g/mol. The van der Waals surface area contributed by atoms with Crippen LogP contribution < -0.4 is 19.5 Å². The zero-order valence-electron chi connectivity index (χ0n) is 19.2. The zero-order chi connectivity index (χ0) is 24.3. The molecule has 3 aromatic carbocycles. The van der Waals surface area contributed by atoms with Crippen molar-refractivity contribution in [3.63, 3.8) is 0 Å². The van der Waals surface area contributed by atoms with E-state index < -0.39 is 10.0 Å². The van der Waals surface area contributed by atoms with Gasteiger partial charge >= 0.3 is 0 Å². The molecule has 9 heteroatoms. The molecular formula is C26H27N3O5S. The van der Waals surface area contributed by atoms with Gasteiger partial charge in [0.1, 0.15) is 0 Å². The summed E-state index contributed by atoms with van der Waals surface area (Å²) < 4.78 is 38.9. The van der Waals surface area contributed by atoms with Gasteiger partial charge in [-0.2, -0.15) is 0 Å². The van der Waals surface area contributed by atoms with Crippen molar-refractivity contribution in [2.24, 2.45) is 0 Å². The fraction of sp³-hybridized carbons (Fsp3) is 0.269. The van der Waals surface area contributed by atoms with Crippen LogP contribution in [0.4, 0.5) is 5.69 Å². The Labute approximate surface area is 204 Å². The van der Waals surface area contributed by atoms with Crippen LogP contribution in [0.2, 0.25) is 0 Å². The second kappa shape index (κ2) is 9.97. The van der Waals surface area contributed by atoms with Gasteiger partial charge in [-0.25, -0.2) is 8.42 Å². The average Bonchev–Trinajstić information content (AvgIpc) is 3.55. The topological polar surface area (TPSA) is 97.0 Å². The van der Waals surface area contributed by atoms with Crippen molar-refractivity contribution in [3.05, 3.63) is 83.4 Å². The Bertz CT molecular complexity index is 1320. The predicted octanol–water partition coefficient (Wildman–Crippen LogP) is 3.74. The van der Waals surface area contributed by atoms with Gasteiger partial charge in [0.25, 0.3) is 15.9 Å². The first-order chi connectivity index (χ1) is 17.0. The lowest BCUT2D eigenvalue weighted by atomic mass is 10.1. The van der Waals surface area contributed by atoms with E-state index in [1.54, 1.807) is 30.3 Å². The van der Waals surface area contributed by atoms with Crippen LogP contribution in [0.3, 0.4) is 0 Å². The van der Waals surface area contributed by atoms with Crippen LogP contribution in [0.5, 0.6) is 11.5 Å². The number of nitrogens with one attached hydrogen (secondary N) is 2. The highest BCUT2D eigenvalue weighted by molar-refractivity contribution is 7.92. The molecule has 0 radical (unpaired) electrons. The molecule has 1 fully saturated rings. The van der Waals surface area contributed by atoms with Crippen LogP contribution in [-0.4, -0.2) is 39.1 Å². The van der Waals surface area contributed by atoms with Crippen molar-refractivity contribution in [1.82, 2.24) is 10.2 Å². The van der Waals surface area contributed by atoms with Crippen molar-refractivity contribution >= 4 is 21.6 Å². The molecule has 1 amide bonds. The van der Waals surface area contributed by atoms with Gasteiger partial charge in [-0.3, -0.25) is 14.4 Å². The molecule has 0 spiro atoms. The number of hydrogen-bond acceptors (Lipinski definition) is 6. The molecule has 0 atom stereocenters. The molecule has 2 heterocycles. The summed E-state index contributed by atoms with van der Waals surface area (Å²) in [4.78, 5) is 15.2. The Morgan fingerprint density at radius 2 is 1.63 bits per heavy atom. The summed E-state index contributed by atoms with van der Waals surface area (Å²) in [6.45, 7) is 3.71. The molecule has 0 saturated carbocycles. The Balaban J connectivity index is 1.20. The largest absolute Gasteiger partial charge is 0.454 e. The van der Waals surface area contributed by atoms with Gasteiger partial charge in [0.05, 0.1) is 10.6 Å². The third kappa shape index (κ3) is 5.58. The summed E-state index contributed by atoms with van der Waals surface area (Å²) >= 11 is 0. The molecule has 0 unspecified atom stereocenters. The van der Waals surface area contributed by atoms with E-state index >= 15 is 0 Å². The minimum atomic E-state index is -3.90. The smallest absolute Gasteiger partial charge is 0.261 e. The number of carbonyl (C=O) groups excluding carboxylic acids is 1. The first kappa shape index (κ1) is 23.2. The summed E-state index contributed by atoms with van der Waals surface area (Å²) in [6, 6.07) is 19.0. The Morgan fingerprint density at radius 1 is 0.886 bits per heavy atom. The summed E-state index contributed by atoms with van der Waals surface area (Å²) in [5, 5.41) is 2.87. The number of ether oxygens (including phenoxy) is 2. The third-order valence-corrected chi connectivity index (χ3v) is 7.49. The minimum absolute atomic E-state index is 0.00548. The second-order valence-corrected chi connectivity index (χ2v) is 10.4. The molecule has 182 valence electrons. The van der Waals surface area contributed by atoms with Gasteiger partial charge in [0.15, 0.2) is 11.5 Å². The number of sulfonamides is 1. The fourth-order valence-corrected chi connectivity index (χ4v) is 5.32. The van der Waals surface area contributed by atoms with Crippen LogP contribution in [0.15, 0.2) is 71.6 Å². The zero-order valence-corrected chi connectivity index (χ0v) is 20.0. The molecule has 0 bridgehead atoms. The van der Waals surface area contributed by atoms with Crippen molar-refractivity contribution in [1.29, 1.82) is 0 Å². The number of carbonyl (C=O) groups is 1. The molecule has 8 nitrogen and oxygen atoms in total. The lowest BCUT2D eigenvalue weighted by Gasteiger charge is -2.14. The first-order valence-corrected chi connectivity index (χ1v) is 13.1. The summed E-state index contributed by atoms with van der Waals surface area (Å²) in [6.07, 6.45) is 2.53. The van der Waals surface area contributed by atoms with E-state index in [1.807, 2.05) is 12.1 Å². The molecule has 2 N–H and O–H groups in total. The van der Waals surface area contributed by atoms with Crippen molar-refractivity contribution in [2.45, 2.75) is 30.8 Å². The number of benzene rings is 3. The van der Waals surface area contributed by atoms with Gasteiger partial charge in [-0.15, -0.1) is 0 Å². The van der Waals surface area contributed by atoms with E-state index in [2.05, 4.69) is 27.1 Å². The second-order valence-electron chi connectivity index (χ2n) is 8.68. The highest BCUT2D eigenvalue weighted by Gasteiger charge is 2.19. The maximum atomic E-state index is 12.9. The summed E-state index contributed by atoms with van der Waals surface area (Å²) in [7, 11) is -3.90. The Hall–Kier alpha value is -3.56. The predicted molar refractivity (Wildman–Crippen MR) is 132 cm³/mol. The van der Waals surface area contributed by atoms with Crippen LogP contribution in [0.1, 0.15) is 34.3 Å². The number of nitrogens with zero attached hydrogens (tertiary/aromatic N) is 1. The van der Waals surface area contributed by atoms with E-state index in [4.69, 9.17) is 9.47 Å². The van der Waals surface area contributed by atoms with E-state index in [0.29, 0.717) is 23.7 Å². The number of likely N-dealkylation sites (tertiary alicyclic amines) is 1. The Morgan fingerprint density at radius 3 is 2.43 bits per heavy atom. The highest BCUT2D eigenvalue weighted by Crippen LogP contribution is 2.34. The van der Waals surface area contributed by atoms with Crippen molar-refractivity contribution in [3.8, 4) is 11.5 Å². The molecule has 0 aromatic heterocycles. The van der Waals surface area contributed by atoms with E-state index in [0.717, 1.165) is 25.2 Å². The van der Waals surface area contributed by atoms with Crippen LogP contribution in [0.25, 0.3) is 0 Å². The number of rotatable bonds is 8. The minimum Gasteiger partial charge on any atom is -0.454 e. The third-order valence-electron chi connectivity index (χ3n) is 6.11. The lowest BCUT2D eigenvalue weighted by molar-refractivity contribution is 0.0950. The maximum Gasteiger partial charge on any atom is 0.261 e. The monoisotopic (exact) mass is 493 g/mol. The molecular weight excluding hydrogens is 466 g/mol. The van der Waals surface area contributed by atoms with Crippen LogP contribution in [-0.2, 0) is 23.1 Å². The fourth-order valence-electron chi connectivity index (χ4n) is 4.22. The highest BCUT2D eigenvalue weighted by atomic mass is 32.2. The standard InChI is InChI=1S/C26H27N3O5S/c30-26(27-16-19-6-8-20(9-7-19)17-29-12-1-2-13-29)21-4-3-5-23(14-21)35(31,32)28-22-10-11-24-25(15-22)34-18-33-24/h3-11,14-15,28H,1-2,12-13,16-18H2,(H,27,30). The first-order valence-electron chi connectivity index (χ1n) is 11.6. The van der Waals surface area contributed by atoms with E-state index in [-0.39, 0.29) is 23.2 Å². The van der Waals surface area contributed by atoms with E-state index in [9.17, 15) is 13.2 Å². The van der Waals surface area contributed by atoms with Crippen LogP contribution >= 0.6 is 0 Å². The van der Waals surface area contributed by atoms with Crippen molar-refractivity contribution in [2.75, 3.05) is 24.6 Å². The molecule has 0 aliphatic carbocycles. The van der Waals surface area contributed by atoms with Gasteiger partial charge in [0, 0.05) is 24.7 Å². The van der Waals surface area contributed by atoms with Gasteiger partial charge in [-0.05, 0) is 67.4 Å². The van der Waals surface area contributed by atoms with Crippen LogP contribution in [0, 0.1) is 0 Å². The molecule has 1 saturated heterocycles. The number of hydrogen-bond donors (Lipinski definition) is 2. The van der Waals surface area contributed by atoms with Crippen molar-refractivity contribution < 1.29 is 22.7 Å². The summed E-state index contributed by atoms with van der Waals surface area (Å²) in [5.41, 5.74) is 2.85. The molecule has 2 aliphatic heterocycles. The molecule has 3 aromatic rings. The molecule has 35 heavy (non-hydrogen) atoms. The Kier molecular flexibility index (Phi) is 6.61. The van der Waals surface area contributed by atoms with Gasteiger partial charge < -0.3 is 14.8 Å². The maximum absolute atomic E-state index is 12.9. The molecule has 2 aliphatic rings. The lowest BCUT2D eigenvalue weighted by Crippen LogP contribution is -2.23. The van der Waals surface area contributed by atoms with Gasteiger partial charge in [-0.1, -0.05) is 30.3 Å². The quantitative estimate of drug-likeness (QED) is 0.496. The summed E-state index contributed by atoms with van der Waals surface area (Å²) in [5.74, 6) is 0.696. The molecule has 5 rings (SSSR count). The SMILES string of the molecule is O=C(NCc1ccc(CN2CCCC2)cc1)c1cccc(S(=O)(=O)Nc2ccc3c(c2)OCO3)c1. The van der Waals surface area contributed by atoms with Gasteiger partial charge in [0.2, 0.25) is 6.79 Å². The van der Waals surface area contributed by atoms with E-state index in [1.165, 1.54) is 30.5 Å². The normalized spacial score (nSPS) is 15.2.